The highest BCUT2D eigenvalue weighted by molar-refractivity contribution is 7.10. The van der Waals surface area contributed by atoms with Crippen LogP contribution in [0.1, 0.15) is 32.4 Å². The third kappa shape index (κ3) is 4.11. The first-order valence-corrected chi connectivity index (χ1v) is 12.9. The zero-order valence-corrected chi connectivity index (χ0v) is 21.4. The molecule has 0 saturated heterocycles. The van der Waals surface area contributed by atoms with Crippen LogP contribution >= 0.6 is 11.3 Å². The molecule has 1 amide bonds. The van der Waals surface area contributed by atoms with Crippen LogP contribution in [0, 0.1) is 0 Å². The van der Waals surface area contributed by atoms with E-state index in [2.05, 4.69) is 16.4 Å². The Kier molecular flexibility index (Phi) is 6.06. The Balaban J connectivity index is 1.51. The fourth-order valence-electron chi connectivity index (χ4n) is 5.09. The summed E-state index contributed by atoms with van der Waals surface area (Å²) in [5.41, 5.74) is 5.24. The van der Waals surface area contributed by atoms with Gasteiger partial charge in [-0.15, -0.1) is 11.3 Å². The molecule has 0 fully saturated rings. The van der Waals surface area contributed by atoms with E-state index in [1.54, 1.807) is 38.0 Å². The van der Waals surface area contributed by atoms with Crippen molar-refractivity contribution in [2.75, 3.05) is 20.8 Å². The molecular formula is C30H25N3O3S. The molecule has 1 aliphatic rings. The molecule has 0 saturated carbocycles. The van der Waals surface area contributed by atoms with Gasteiger partial charge in [-0.2, -0.15) is 0 Å². The smallest absolute Gasteiger partial charge is 0.255 e. The lowest BCUT2D eigenvalue weighted by Gasteiger charge is -2.37. The van der Waals surface area contributed by atoms with Crippen molar-refractivity contribution in [2.45, 2.75) is 12.5 Å². The number of pyridine rings is 2. The van der Waals surface area contributed by atoms with Gasteiger partial charge < -0.3 is 14.4 Å². The number of para-hydroxylation sites is 1. The van der Waals surface area contributed by atoms with E-state index in [1.165, 1.54) is 0 Å². The topological polar surface area (TPSA) is 64.6 Å². The third-order valence-electron chi connectivity index (χ3n) is 6.85. The number of nitrogens with zero attached hydrogens (tertiary/aromatic N) is 3. The van der Waals surface area contributed by atoms with Gasteiger partial charge in [0.1, 0.15) is 0 Å². The minimum atomic E-state index is -0.232. The highest BCUT2D eigenvalue weighted by Crippen LogP contribution is 2.43. The number of ether oxygens (including phenoxy) is 2. The molecule has 0 radical (unpaired) electrons. The van der Waals surface area contributed by atoms with Gasteiger partial charge >= 0.3 is 0 Å². The molecule has 1 atom stereocenters. The van der Waals surface area contributed by atoms with Gasteiger partial charge in [0.15, 0.2) is 11.5 Å². The summed E-state index contributed by atoms with van der Waals surface area (Å²) in [6.07, 6.45) is 4.23. The molecule has 0 spiro atoms. The van der Waals surface area contributed by atoms with Gasteiger partial charge in [0, 0.05) is 34.8 Å². The number of carbonyl (C=O) groups is 1. The summed E-state index contributed by atoms with van der Waals surface area (Å²) in [6.45, 7) is 0.586. The number of amides is 1. The van der Waals surface area contributed by atoms with Crippen molar-refractivity contribution in [1.29, 1.82) is 0 Å². The lowest BCUT2D eigenvalue weighted by molar-refractivity contribution is 0.0699. The monoisotopic (exact) mass is 507 g/mol. The summed E-state index contributed by atoms with van der Waals surface area (Å²) < 4.78 is 11.2. The van der Waals surface area contributed by atoms with Crippen molar-refractivity contribution in [2.24, 2.45) is 0 Å². The van der Waals surface area contributed by atoms with Crippen LogP contribution in [0.4, 0.5) is 0 Å². The number of thiophene rings is 1. The lowest BCUT2D eigenvalue weighted by atomic mass is 9.90. The molecular weight excluding hydrogens is 482 g/mol. The number of hydrogen-bond donors (Lipinski definition) is 0. The summed E-state index contributed by atoms with van der Waals surface area (Å²) in [4.78, 5) is 26.6. The van der Waals surface area contributed by atoms with Crippen LogP contribution in [-0.2, 0) is 6.42 Å². The van der Waals surface area contributed by atoms with Crippen molar-refractivity contribution in [3.63, 3.8) is 0 Å². The largest absolute Gasteiger partial charge is 0.493 e. The molecule has 4 heterocycles. The van der Waals surface area contributed by atoms with Gasteiger partial charge in [0.2, 0.25) is 0 Å². The van der Waals surface area contributed by atoms with Crippen LogP contribution in [-0.4, -0.2) is 41.5 Å². The fourth-order valence-corrected chi connectivity index (χ4v) is 5.94. The van der Waals surface area contributed by atoms with Crippen LogP contribution in [0.15, 0.2) is 84.5 Å². The van der Waals surface area contributed by atoms with E-state index < -0.39 is 0 Å². The molecule has 6 rings (SSSR count). The van der Waals surface area contributed by atoms with Gasteiger partial charge in [0.05, 0.1) is 37.0 Å². The van der Waals surface area contributed by atoms with Gasteiger partial charge in [-0.1, -0.05) is 24.3 Å². The summed E-state index contributed by atoms with van der Waals surface area (Å²) >= 11 is 1.65. The van der Waals surface area contributed by atoms with Crippen LogP contribution in [0.2, 0.25) is 0 Å². The van der Waals surface area contributed by atoms with E-state index in [9.17, 15) is 4.79 Å². The Morgan fingerprint density at radius 2 is 1.84 bits per heavy atom. The summed E-state index contributed by atoms with van der Waals surface area (Å²) in [5.74, 6) is 1.33. The number of hydrogen-bond acceptors (Lipinski definition) is 6. The normalized spacial score (nSPS) is 14.9. The molecule has 6 nitrogen and oxygen atoms in total. The third-order valence-corrected chi connectivity index (χ3v) is 7.78. The SMILES string of the molecule is COc1cc2c(cc1OC)[C@H](c1cccs1)N(C(=O)c1cc(-c3cccnc3)nc3ccccc13)CC2. The molecule has 184 valence electrons. The second-order valence-corrected chi connectivity index (χ2v) is 9.87. The van der Waals surface area contributed by atoms with Gasteiger partial charge in [-0.05, 0) is 65.4 Å². The highest BCUT2D eigenvalue weighted by atomic mass is 32.1. The molecule has 0 bridgehead atoms. The second kappa shape index (κ2) is 9.67. The predicted molar refractivity (Wildman–Crippen MR) is 145 cm³/mol. The van der Waals surface area contributed by atoms with Gasteiger partial charge in [-0.25, -0.2) is 4.98 Å². The van der Waals surface area contributed by atoms with E-state index in [1.807, 2.05) is 65.6 Å². The number of aromatic nitrogens is 2. The average molecular weight is 508 g/mol. The van der Waals surface area contributed by atoms with Crippen molar-refractivity contribution in [3.05, 3.63) is 106 Å². The average Bonchev–Trinajstić information content (AvgIpc) is 3.50. The molecule has 5 aromatic rings. The molecule has 0 aliphatic carbocycles. The van der Waals surface area contributed by atoms with Crippen molar-refractivity contribution in [3.8, 4) is 22.8 Å². The van der Waals surface area contributed by atoms with E-state index in [0.717, 1.165) is 44.6 Å². The van der Waals surface area contributed by atoms with E-state index in [4.69, 9.17) is 14.5 Å². The lowest BCUT2D eigenvalue weighted by Crippen LogP contribution is -2.40. The standard InChI is InChI=1S/C30H25N3O3S/c1-35-26-15-19-11-13-33(29(28-10-6-14-37-28)22(19)17-27(26)36-2)30(34)23-16-25(20-7-5-12-31-18-20)32-24-9-4-3-8-21(23)24/h3-10,12,14-18,29H,11,13H2,1-2H3/t29-/m1/s1. The quantitative estimate of drug-likeness (QED) is 0.285. The molecule has 0 N–H and O–H groups in total. The first-order valence-electron chi connectivity index (χ1n) is 12.1. The first-order chi connectivity index (χ1) is 18.2. The molecule has 1 aliphatic heterocycles. The number of fused-ring (bicyclic) bond motifs is 2. The Hall–Kier alpha value is -4.23. The van der Waals surface area contributed by atoms with Crippen molar-refractivity contribution < 1.29 is 14.3 Å². The minimum Gasteiger partial charge on any atom is -0.493 e. The minimum absolute atomic E-state index is 0.0254. The molecule has 37 heavy (non-hydrogen) atoms. The Labute approximate surface area is 219 Å². The number of rotatable bonds is 5. The summed E-state index contributed by atoms with van der Waals surface area (Å²) in [6, 6.07) is 21.5. The van der Waals surface area contributed by atoms with Crippen LogP contribution in [0.5, 0.6) is 11.5 Å². The number of methoxy groups -OCH3 is 2. The predicted octanol–water partition coefficient (Wildman–Crippen LogP) is 6.16. The van der Waals surface area contributed by atoms with Crippen molar-refractivity contribution >= 4 is 28.1 Å². The van der Waals surface area contributed by atoms with Crippen LogP contribution in [0.3, 0.4) is 0 Å². The maximum atomic E-state index is 14.4. The van der Waals surface area contributed by atoms with Crippen LogP contribution < -0.4 is 9.47 Å². The van der Waals surface area contributed by atoms with Gasteiger partial charge in [-0.3, -0.25) is 9.78 Å². The highest BCUT2D eigenvalue weighted by Gasteiger charge is 2.35. The molecule has 7 heteroatoms. The number of carbonyl (C=O) groups excluding carboxylic acids is 1. The van der Waals surface area contributed by atoms with Crippen LogP contribution in [0.25, 0.3) is 22.2 Å². The zero-order valence-electron chi connectivity index (χ0n) is 20.5. The maximum Gasteiger partial charge on any atom is 0.255 e. The van der Waals surface area contributed by atoms with E-state index in [0.29, 0.717) is 23.6 Å². The molecule has 0 unspecified atom stereocenters. The van der Waals surface area contributed by atoms with E-state index >= 15 is 0 Å². The Morgan fingerprint density at radius 3 is 2.59 bits per heavy atom. The Bertz CT molecular complexity index is 1590. The first kappa shape index (κ1) is 23.2. The van der Waals surface area contributed by atoms with Gasteiger partial charge in [0.25, 0.3) is 5.91 Å². The summed E-state index contributed by atoms with van der Waals surface area (Å²) in [7, 11) is 3.28. The van der Waals surface area contributed by atoms with E-state index in [-0.39, 0.29) is 11.9 Å². The zero-order chi connectivity index (χ0) is 25.4. The maximum absolute atomic E-state index is 14.4. The number of benzene rings is 2. The second-order valence-electron chi connectivity index (χ2n) is 8.89. The Morgan fingerprint density at radius 1 is 1.00 bits per heavy atom. The van der Waals surface area contributed by atoms with Crippen molar-refractivity contribution in [1.82, 2.24) is 14.9 Å². The fraction of sp³-hybridized carbons (Fsp3) is 0.167. The molecule has 3 aromatic heterocycles. The molecule has 2 aromatic carbocycles. The summed E-state index contributed by atoms with van der Waals surface area (Å²) in [5, 5.41) is 2.89.